The number of hydrogen-bond donors (Lipinski definition) is 1. The quantitative estimate of drug-likeness (QED) is 0.585. The van der Waals surface area contributed by atoms with Gasteiger partial charge in [0.25, 0.3) is 0 Å². The number of hydrogen-bond acceptors (Lipinski definition) is 3. The molecule has 2 unspecified atom stereocenters. The van der Waals surface area contributed by atoms with Gasteiger partial charge in [0.15, 0.2) is 0 Å². The highest BCUT2D eigenvalue weighted by Gasteiger charge is 2.17. The van der Waals surface area contributed by atoms with Crippen LogP contribution in [0.25, 0.3) is 0 Å². The minimum absolute atomic E-state index is 0.542. The van der Waals surface area contributed by atoms with E-state index < -0.39 is 5.69 Å². The van der Waals surface area contributed by atoms with Crippen LogP contribution in [0.4, 0.5) is 0 Å². The molecule has 0 saturated heterocycles. The molecule has 0 rings (SSSR count). The van der Waals surface area contributed by atoms with Crippen LogP contribution < -0.4 is 0 Å². The third-order valence-electron chi connectivity index (χ3n) is 2.59. The first-order valence-electron chi connectivity index (χ1n) is 6.53. The number of unbranched alkanes of at least 4 members (excludes halogenated alkanes) is 1. The van der Waals surface area contributed by atoms with Crippen molar-refractivity contribution < 1.29 is 9.42 Å². The molecule has 0 bridgehead atoms. The average molecular weight is 298 g/mol. The highest BCUT2D eigenvalue weighted by Crippen LogP contribution is 2.56. The summed E-state index contributed by atoms with van der Waals surface area (Å²) in [6, 6.07) is 0. The van der Waals surface area contributed by atoms with Crippen molar-refractivity contribution in [2.75, 3.05) is 12.4 Å². The van der Waals surface area contributed by atoms with Gasteiger partial charge in [0.05, 0.1) is 6.61 Å². The third-order valence-corrected chi connectivity index (χ3v) is 7.21. The first-order chi connectivity index (χ1) is 7.91. The molecule has 2 nitrogen and oxygen atoms in total. The van der Waals surface area contributed by atoms with Gasteiger partial charge in [-0.1, -0.05) is 58.3 Å². The molecule has 0 aliphatic rings. The van der Waals surface area contributed by atoms with Crippen molar-refractivity contribution in [1.82, 2.24) is 0 Å². The SMILES string of the molecule is CCCCC(CC)COP(O)(=S)SCC(C)C. The van der Waals surface area contributed by atoms with E-state index in [4.69, 9.17) is 16.3 Å². The summed E-state index contributed by atoms with van der Waals surface area (Å²) in [4.78, 5) is 10.00. The molecular weight excluding hydrogens is 271 g/mol. The average Bonchev–Trinajstić information content (AvgIpc) is 2.27. The molecule has 0 aromatic rings. The molecule has 0 amide bonds. The van der Waals surface area contributed by atoms with Crippen LogP contribution in [0.15, 0.2) is 0 Å². The molecule has 0 spiro atoms. The second kappa shape index (κ2) is 9.80. The molecule has 0 aromatic heterocycles. The van der Waals surface area contributed by atoms with Crippen LogP contribution in [0.3, 0.4) is 0 Å². The van der Waals surface area contributed by atoms with Gasteiger partial charge in [-0.25, -0.2) is 0 Å². The predicted octanol–water partition coefficient (Wildman–Crippen LogP) is 4.83. The Balaban J connectivity index is 3.92. The van der Waals surface area contributed by atoms with Crippen LogP contribution in [-0.4, -0.2) is 17.3 Å². The Morgan fingerprint density at radius 3 is 2.47 bits per heavy atom. The largest absolute Gasteiger partial charge is 0.337 e. The third kappa shape index (κ3) is 10.5. The number of rotatable bonds is 10. The second-order valence-electron chi connectivity index (χ2n) is 4.87. The highest BCUT2D eigenvalue weighted by atomic mass is 32.9. The Morgan fingerprint density at radius 2 is 2.00 bits per heavy atom. The van der Waals surface area contributed by atoms with Crippen molar-refractivity contribution in [1.29, 1.82) is 0 Å². The van der Waals surface area contributed by atoms with Crippen molar-refractivity contribution in [3.05, 3.63) is 0 Å². The van der Waals surface area contributed by atoms with Crippen LogP contribution >= 0.6 is 17.1 Å². The lowest BCUT2D eigenvalue weighted by atomic mass is 10.0. The molecule has 0 heterocycles. The molecule has 2 atom stereocenters. The molecule has 5 heteroatoms. The van der Waals surface area contributed by atoms with Gasteiger partial charge >= 0.3 is 0 Å². The van der Waals surface area contributed by atoms with Crippen LogP contribution in [0, 0.1) is 11.8 Å². The Labute approximate surface area is 116 Å². The fourth-order valence-corrected chi connectivity index (χ4v) is 4.93. The van der Waals surface area contributed by atoms with Crippen molar-refractivity contribution in [2.24, 2.45) is 11.8 Å². The van der Waals surface area contributed by atoms with Crippen molar-refractivity contribution in [3.8, 4) is 0 Å². The molecule has 0 aromatic carbocycles. The van der Waals surface area contributed by atoms with E-state index in [2.05, 4.69) is 27.7 Å². The molecule has 0 fully saturated rings. The van der Waals surface area contributed by atoms with Gasteiger partial charge in [0.2, 0.25) is 5.69 Å². The molecule has 0 aliphatic carbocycles. The van der Waals surface area contributed by atoms with E-state index >= 15 is 0 Å². The zero-order chi connectivity index (χ0) is 13.3. The molecular formula is C12H27O2PS2. The van der Waals surface area contributed by atoms with Gasteiger partial charge in [-0.3, -0.25) is 0 Å². The Bertz CT molecular complexity index is 235. The van der Waals surface area contributed by atoms with E-state index in [1.165, 1.54) is 30.6 Å². The monoisotopic (exact) mass is 298 g/mol. The predicted molar refractivity (Wildman–Crippen MR) is 83.1 cm³/mol. The zero-order valence-corrected chi connectivity index (χ0v) is 14.0. The Morgan fingerprint density at radius 1 is 1.35 bits per heavy atom. The van der Waals surface area contributed by atoms with Crippen LogP contribution in [0.5, 0.6) is 0 Å². The summed E-state index contributed by atoms with van der Waals surface area (Å²) >= 11 is 6.57. The van der Waals surface area contributed by atoms with Gasteiger partial charge in [0, 0.05) is 5.75 Å². The Kier molecular flexibility index (Phi) is 10.3. The maximum absolute atomic E-state index is 10.00. The molecule has 17 heavy (non-hydrogen) atoms. The summed E-state index contributed by atoms with van der Waals surface area (Å²) in [6.07, 6.45) is 4.72. The van der Waals surface area contributed by atoms with E-state index in [0.717, 1.165) is 12.2 Å². The minimum Gasteiger partial charge on any atom is -0.337 e. The fraction of sp³-hybridized carbons (Fsp3) is 1.00. The minimum atomic E-state index is -2.60. The van der Waals surface area contributed by atoms with Gasteiger partial charge in [-0.15, -0.1) is 0 Å². The lowest BCUT2D eigenvalue weighted by molar-refractivity contribution is 0.238. The second-order valence-corrected chi connectivity index (χ2v) is 11.1. The molecule has 1 N–H and O–H groups in total. The van der Waals surface area contributed by atoms with Gasteiger partial charge in [0.1, 0.15) is 0 Å². The van der Waals surface area contributed by atoms with Crippen molar-refractivity contribution in [2.45, 2.75) is 53.4 Å². The zero-order valence-electron chi connectivity index (χ0n) is 11.5. The maximum Gasteiger partial charge on any atom is 0.244 e. The van der Waals surface area contributed by atoms with Gasteiger partial charge < -0.3 is 9.42 Å². The molecule has 0 saturated carbocycles. The van der Waals surface area contributed by atoms with Crippen molar-refractivity contribution in [3.63, 3.8) is 0 Å². The van der Waals surface area contributed by atoms with E-state index in [1.54, 1.807) is 0 Å². The Hall–Kier alpha value is 0.920. The normalized spacial score (nSPS) is 17.1. The topological polar surface area (TPSA) is 29.5 Å². The van der Waals surface area contributed by atoms with E-state index in [0.29, 0.717) is 18.4 Å². The summed E-state index contributed by atoms with van der Waals surface area (Å²) in [6.45, 7) is 9.24. The van der Waals surface area contributed by atoms with Gasteiger partial charge in [-0.05, 0) is 30.1 Å². The van der Waals surface area contributed by atoms with E-state index in [1.807, 2.05) is 0 Å². The molecule has 104 valence electrons. The first-order valence-corrected chi connectivity index (χ1v) is 10.8. The van der Waals surface area contributed by atoms with Crippen LogP contribution in [0.2, 0.25) is 0 Å². The van der Waals surface area contributed by atoms with Crippen LogP contribution in [-0.2, 0) is 16.3 Å². The van der Waals surface area contributed by atoms with Crippen molar-refractivity contribution >= 4 is 28.9 Å². The van der Waals surface area contributed by atoms with E-state index in [9.17, 15) is 4.89 Å². The summed E-state index contributed by atoms with van der Waals surface area (Å²) in [5.74, 6) is 1.96. The maximum atomic E-state index is 10.00. The molecule has 0 radical (unpaired) electrons. The lowest BCUT2D eigenvalue weighted by Gasteiger charge is -2.20. The first kappa shape index (κ1) is 17.9. The smallest absolute Gasteiger partial charge is 0.244 e. The highest BCUT2D eigenvalue weighted by molar-refractivity contribution is 8.67. The fourth-order valence-electron chi connectivity index (χ4n) is 1.38. The summed E-state index contributed by atoms with van der Waals surface area (Å²) in [5.41, 5.74) is -2.60. The summed E-state index contributed by atoms with van der Waals surface area (Å²) in [5, 5.41) is 0. The van der Waals surface area contributed by atoms with E-state index in [-0.39, 0.29) is 0 Å². The summed E-state index contributed by atoms with van der Waals surface area (Å²) in [7, 11) is 0. The van der Waals surface area contributed by atoms with Crippen LogP contribution in [0.1, 0.15) is 53.4 Å². The molecule has 0 aliphatic heterocycles. The lowest BCUT2D eigenvalue weighted by Crippen LogP contribution is -2.07. The summed E-state index contributed by atoms with van der Waals surface area (Å²) < 4.78 is 5.57. The standard InChI is InChI=1S/C12H27O2PS2/c1-5-7-8-12(6-2)9-14-15(13,16)17-10-11(3)4/h11-12H,5-10H2,1-4H3,(H,13,16). The van der Waals surface area contributed by atoms with Gasteiger partial charge in [-0.2, -0.15) is 0 Å².